The third-order valence-corrected chi connectivity index (χ3v) is 6.37. The Morgan fingerprint density at radius 1 is 0.893 bits per heavy atom. The predicted octanol–water partition coefficient (Wildman–Crippen LogP) is 4.36. The Bertz CT molecular complexity index is 519. The maximum absolute atomic E-state index is 12.9. The maximum atomic E-state index is 12.9. The maximum Gasteiger partial charge on any atom is 0.292 e. The molecule has 0 aliphatic heterocycles. The zero-order valence-corrected chi connectivity index (χ0v) is 22.9. The molecule has 0 spiro atoms. The molecule has 0 aromatic heterocycles. The highest BCUT2D eigenvalue weighted by Crippen LogP contribution is 2.28. The standard InChI is InChI=1S/C19H43NO5Si3/c1-19(2,15-23-26(3,4)5)17(25-28(9,10)11)18(22)20-14-12-13-16(21)24-27(6,7)8/h17H,12-15H2,1-11H3,(H,20,22). The van der Waals surface area contributed by atoms with Crippen LogP contribution in [0.25, 0.3) is 0 Å². The molecule has 0 aromatic rings. The van der Waals surface area contributed by atoms with E-state index < -0.39 is 36.5 Å². The molecular weight excluding hydrogens is 406 g/mol. The van der Waals surface area contributed by atoms with Crippen LogP contribution in [0.5, 0.6) is 0 Å². The summed E-state index contributed by atoms with van der Waals surface area (Å²) in [5.41, 5.74) is -0.443. The molecular formula is C19H43NO5Si3. The van der Waals surface area contributed by atoms with E-state index >= 15 is 0 Å². The summed E-state index contributed by atoms with van der Waals surface area (Å²) in [7, 11) is -5.49. The van der Waals surface area contributed by atoms with E-state index in [0.29, 0.717) is 26.0 Å². The summed E-state index contributed by atoms with van der Waals surface area (Å²) in [6.07, 6.45) is 0.289. The van der Waals surface area contributed by atoms with Crippen LogP contribution in [0.1, 0.15) is 26.7 Å². The molecule has 0 aliphatic rings. The molecule has 1 N–H and O–H groups in total. The molecule has 0 rings (SSSR count). The van der Waals surface area contributed by atoms with E-state index in [9.17, 15) is 9.59 Å². The summed E-state index contributed by atoms with van der Waals surface area (Å²) >= 11 is 0. The van der Waals surface area contributed by atoms with Crippen molar-refractivity contribution < 1.29 is 22.9 Å². The first-order valence-corrected chi connectivity index (χ1v) is 20.4. The van der Waals surface area contributed by atoms with Crippen LogP contribution in [0, 0.1) is 5.41 Å². The van der Waals surface area contributed by atoms with E-state index in [4.69, 9.17) is 13.3 Å². The van der Waals surface area contributed by atoms with Gasteiger partial charge in [-0.1, -0.05) is 13.8 Å². The molecule has 166 valence electrons. The Labute approximate surface area is 175 Å². The number of carbonyl (C=O) groups excluding carboxylic acids is 2. The van der Waals surface area contributed by atoms with Gasteiger partial charge in [0.15, 0.2) is 16.6 Å². The Kier molecular flexibility index (Phi) is 10.3. The monoisotopic (exact) mass is 449 g/mol. The fourth-order valence-corrected chi connectivity index (χ4v) is 5.05. The van der Waals surface area contributed by atoms with Crippen LogP contribution in [0.4, 0.5) is 0 Å². The van der Waals surface area contributed by atoms with Crippen molar-refractivity contribution >= 4 is 36.8 Å². The predicted molar refractivity (Wildman–Crippen MR) is 123 cm³/mol. The fourth-order valence-electron chi connectivity index (χ4n) is 2.33. The third kappa shape index (κ3) is 13.6. The molecule has 1 amide bonds. The summed E-state index contributed by atoms with van der Waals surface area (Å²) in [4.78, 5) is 24.7. The molecule has 0 aromatic carbocycles. The van der Waals surface area contributed by atoms with Gasteiger partial charge in [-0.2, -0.15) is 0 Å². The summed E-state index contributed by atoms with van der Waals surface area (Å²) in [6, 6.07) is 0. The van der Waals surface area contributed by atoms with Crippen LogP contribution in [0.2, 0.25) is 58.9 Å². The van der Waals surface area contributed by atoms with Crippen molar-refractivity contribution in [3.8, 4) is 0 Å². The molecule has 0 saturated carbocycles. The van der Waals surface area contributed by atoms with Gasteiger partial charge < -0.3 is 18.6 Å². The van der Waals surface area contributed by atoms with Crippen LogP contribution in [0.15, 0.2) is 0 Å². The lowest BCUT2D eigenvalue weighted by Gasteiger charge is -2.38. The van der Waals surface area contributed by atoms with Crippen LogP contribution in [-0.2, 0) is 22.9 Å². The lowest BCUT2D eigenvalue weighted by atomic mass is 9.87. The van der Waals surface area contributed by atoms with E-state index in [0.717, 1.165) is 0 Å². The fraction of sp³-hybridized carbons (Fsp3) is 0.895. The number of amides is 1. The van der Waals surface area contributed by atoms with Crippen molar-refractivity contribution in [2.75, 3.05) is 13.2 Å². The number of carbonyl (C=O) groups is 2. The van der Waals surface area contributed by atoms with Crippen LogP contribution in [0.3, 0.4) is 0 Å². The summed E-state index contributed by atoms with van der Waals surface area (Å²) < 4.78 is 17.8. The normalized spacial score (nSPS) is 14.5. The molecule has 0 heterocycles. The molecule has 9 heteroatoms. The van der Waals surface area contributed by atoms with E-state index in [-0.39, 0.29) is 11.9 Å². The molecule has 1 unspecified atom stereocenters. The second-order valence-corrected chi connectivity index (χ2v) is 24.4. The molecule has 28 heavy (non-hydrogen) atoms. The Morgan fingerprint density at radius 2 is 1.43 bits per heavy atom. The Balaban J connectivity index is 4.84. The van der Waals surface area contributed by atoms with Crippen molar-refractivity contribution in [3.63, 3.8) is 0 Å². The Hall–Kier alpha value is -0.489. The minimum absolute atomic E-state index is 0.134. The average molecular weight is 450 g/mol. The summed E-state index contributed by atoms with van der Waals surface area (Å²) in [6.45, 7) is 23.5. The number of rotatable bonds is 12. The van der Waals surface area contributed by atoms with Crippen LogP contribution >= 0.6 is 0 Å². The second-order valence-electron chi connectivity index (χ2n) is 11.0. The van der Waals surface area contributed by atoms with Gasteiger partial charge in [0, 0.05) is 25.0 Å². The minimum atomic E-state index is -1.93. The highest BCUT2D eigenvalue weighted by atomic mass is 28.4. The van der Waals surface area contributed by atoms with Crippen molar-refractivity contribution in [2.24, 2.45) is 5.41 Å². The first-order valence-electron chi connectivity index (χ1n) is 10.1. The van der Waals surface area contributed by atoms with E-state index in [1.165, 1.54) is 0 Å². The average Bonchev–Trinajstić information content (AvgIpc) is 2.43. The van der Waals surface area contributed by atoms with Gasteiger partial charge in [0.25, 0.3) is 5.97 Å². The molecule has 6 nitrogen and oxygen atoms in total. The van der Waals surface area contributed by atoms with Gasteiger partial charge in [0.2, 0.25) is 14.2 Å². The minimum Gasteiger partial charge on any atom is -0.520 e. The first kappa shape index (κ1) is 27.5. The Morgan fingerprint density at radius 3 is 1.86 bits per heavy atom. The largest absolute Gasteiger partial charge is 0.520 e. The van der Waals surface area contributed by atoms with E-state index in [2.05, 4.69) is 44.6 Å². The molecule has 0 bridgehead atoms. The van der Waals surface area contributed by atoms with Gasteiger partial charge in [0.1, 0.15) is 6.10 Å². The smallest absolute Gasteiger partial charge is 0.292 e. The van der Waals surface area contributed by atoms with Crippen LogP contribution < -0.4 is 5.32 Å². The van der Waals surface area contributed by atoms with Crippen LogP contribution in [-0.4, -0.2) is 56.1 Å². The molecule has 0 fully saturated rings. The van der Waals surface area contributed by atoms with Gasteiger partial charge in [-0.05, 0) is 65.3 Å². The SMILES string of the molecule is CC(C)(CO[Si](C)(C)C)C(O[Si](C)(C)C)C(=O)NCCCC(=O)O[Si](C)(C)C. The summed E-state index contributed by atoms with van der Waals surface area (Å²) in [5, 5.41) is 2.94. The van der Waals surface area contributed by atoms with Gasteiger partial charge in [-0.15, -0.1) is 0 Å². The highest BCUT2D eigenvalue weighted by Gasteiger charge is 2.40. The molecule has 1 atom stereocenters. The van der Waals surface area contributed by atoms with E-state index in [1.54, 1.807) is 0 Å². The van der Waals surface area contributed by atoms with Crippen molar-refractivity contribution in [1.82, 2.24) is 5.32 Å². The second kappa shape index (κ2) is 10.5. The molecule has 0 saturated heterocycles. The highest BCUT2D eigenvalue weighted by molar-refractivity contribution is 6.71. The van der Waals surface area contributed by atoms with E-state index in [1.807, 2.05) is 33.5 Å². The number of nitrogens with one attached hydrogen (secondary N) is 1. The number of hydrogen-bond acceptors (Lipinski definition) is 5. The van der Waals surface area contributed by atoms with Crippen molar-refractivity contribution in [1.29, 1.82) is 0 Å². The van der Waals surface area contributed by atoms with Gasteiger partial charge >= 0.3 is 0 Å². The van der Waals surface area contributed by atoms with Gasteiger partial charge in [-0.3, -0.25) is 9.59 Å². The number of hydrogen-bond donors (Lipinski definition) is 1. The van der Waals surface area contributed by atoms with Crippen molar-refractivity contribution in [2.45, 2.75) is 91.7 Å². The zero-order valence-electron chi connectivity index (χ0n) is 19.9. The molecule has 0 radical (unpaired) electrons. The van der Waals surface area contributed by atoms with Crippen molar-refractivity contribution in [3.05, 3.63) is 0 Å². The quantitative estimate of drug-likeness (QED) is 0.354. The van der Waals surface area contributed by atoms with Gasteiger partial charge in [-0.25, -0.2) is 0 Å². The zero-order chi connectivity index (χ0) is 22.4. The topological polar surface area (TPSA) is 73.9 Å². The summed E-state index contributed by atoms with van der Waals surface area (Å²) in [5.74, 6) is -0.322. The molecule has 0 aliphatic carbocycles. The lowest BCUT2D eigenvalue weighted by molar-refractivity contribution is -0.137. The van der Waals surface area contributed by atoms with Gasteiger partial charge in [0.05, 0.1) is 0 Å². The first-order chi connectivity index (χ1) is 12.3. The lowest BCUT2D eigenvalue weighted by Crippen LogP contribution is -2.52. The third-order valence-electron chi connectivity index (χ3n) is 3.57.